The van der Waals surface area contributed by atoms with Gasteiger partial charge in [-0.25, -0.2) is 9.18 Å². The second kappa shape index (κ2) is 19.3. The van der Waals surface area contributed by atoms with Crippen molar-refractivity contribution in [2.75, 3.05) is 46.4 Å². The molecular formula is C40H54FN3O8Si. The Labute approximate surface area is 312 Å². The average Bonchev–Trinajstić information content (AvgIpc) is 3.20. The van der Waals surface area contributed by atoms with Gasteiger partial charge >= 0.3 is 5.69 Å². The maximum absolute atomic E-state index is 13.9. The van der Waals surface area contributed by atoms with Gasteiger partial charge in [0.15, 0.2) is 8.32 Å². The average molecular weight is 752 g/mol. The van der Waals surface area contributed by atoms with Crippen molar-refractivity contribution in [1.82, 2.24) is 9.55 Å². The van der Waals surface area contributed by atoms with Crippen LogP contribution in [0.2, 0.25) is 18.1 Å². The summed E-state index contributed by atoms with van der Waals surface area (Å²) in [7, 11) is 0.645. The third-order valence-electron chi connectivity index (χ3n) is 10.2. The highest BCUT2D eigenvalue weighted by atomic mass is 28.4. The smallest absolute Gasteiger partial charge is 0.349 e. The Morgan fingerprint density at radius 3 is 1.87 bits per heavy atom. The molecule has 0 spiro atoms. The predicted molar refractivity (Wildman–Crippen MR) is 206 cm³/mol. The molecule has 1 heterocycles. The summed E-state index contributed by atoms with van der Waals surface area (Å²) >= 11 is 0. The van der Waals surface area contributed by atoms with E-state index in [4.69, 9.17) is 29.1 Å². The lowest BCUT2D eigenvalue weighted by molar-refractivity contribution is -0.137. The summed E-state index contributed by atoms with van der Waals surface area (Å²) in [5, 5.41) is 23.3. The zero-order chi connectivity index (χ0) is 38.6. The molecule has 13 heteroatoms. The van der Waals surface area contributed by atoms with Crippen molar-refractivity contribution in [2.24, 2.45) is 0 Å². The summed E-state index contributed by atoms with van der Waals surface area (Å²) in [5.41, 5.74) is 6.74. The monoisotopic (exact) mass is 751 g/mol. The van der Waals surface area contributed by atoms with Crippen molar-refractivity contribution in [1.29, 1.82) is 0 Å². The summed E-state index contributed by atoms with van der Waals surface area (Å²) in [4.78, 5) is 17.2. The normalized spacial score (nSPS) is 14.4. The summed E-state index contributed by atoms with van der Waals surface area (Å²) < 4.78 is 46.2. The number of benzene rings is 3. The molecule has 0 fully saturated rings. The number of aryl methyl sites for hydroxylation is 1. The van der Waals surface area contributed by atoms with Crippen LogP contribution in [0.5, 0.6) is 11.5 Å². The number of aromatic nitrogens is 2. The Morgan fingerprint density at radius 2 is 1.40 bits per heavy atom. The van der Waals surface area contributed by atoms with Crippen LogP contribution in [0, 0.1) is 6.92 Å². The largest absolute Gasteiger partial charge is 0.497 e. The van der Waals surface area contributed by atoms with E-state index < -0.39 is 57.2 Å². The molecule has 0 aliphatic rings. The van der Waals surface area contributed by atoms with E-state index in [1.165, 1.54) is 10.8 Å². The van der Waals surface area contributed by atoms with Crippen LogP contribution in [0.1, 0.15) is 49.1 Å². The van der Waals surface area contributed by atoms with Crippen LogP contribution in [0.4, 0.5) is 10.2 Å². The number of ether oxygens (including phenoxy) is 4. The maximum atomic E-state index is 13.9. The zero-order valence-electron chi connectivity index (χ0n) is 31.5. The molecule has 1 aromatic heterocycles. The quantitative estimate of drug-likeness (QED) is 0.0705. The number of halogens is 1. The van der Waals surface area contributed by atoms with Crippen LogP contribution in [0.3, 0.4) is 0 Å². The fourth-order valence-electron chi connectivity index (χ4n) is 6.80. The number of aliphatic hydroxyl groups excluding tert-OH is 2. The molecule has 0 amide bonds. The highest BCUT2D eigenvalue weighted by Gasteiger charge is 2.45. The summed E-state index contributed by atoms with van der Waals surface area (Å²) in [5.74, 6) is 1.36. The van der Waals surface area contributed by atoms with E-state index in [-0.39, 0.29) is 19.0 Å². The van der Waals surface area contributed by atoms with Gasteiger partial charge < -0.3 is 39.3 Å². The second-order valence-corrected chi connectivity index (χ2v) is 17.7. The van der Waals surface area contributed by atoms with Crippen LogP contribution in [-0.2, 0) is 19.5 Å². The Kier molecular flexibility index (Phi) is 15.2. The molecule has 0 aliphatic carbocycles. The number of nitrogen functional groups attached to an aromatic ring is 1. The van der Waals surface area contributed by atoms with E-state index in [9.17, 15) is 19.4 Å². The van der Waals surface area contributed by atoms with Crippen LogP contribution in [0.15, 0.2) is 89.9 Å². The molecule has 0 radical (unpaired) electrons. The minimum Gasteiger partial charge on any atom is -0.497 e. The van der Waals surface area contributed by atoms with Crippen LogP contribution >= 0.6 is 0 Å². The zero-order valence-corrected chi connectivity index (χ0v) is 32.5. The molecule has 0 aliphatic heterocycles. The van der Waals surface area contributed by atoms with E-state index in [2.05, 4.69) is 4.98 Å². The van der Waals surface area contributed by atoms with Gasteiger partial charge in [-0.3, -0.25) is 4.57 Å². The number of nitrogens with zero attached hydrogens (tertiary/aromatic N) is 2. The highest BCUT2D eigenvalue weighted by Crippen LogP contribution is 2.42. The molecule has 0 unspecified atom stereocenters. The molecule has 4 N–H and O–H groups in total. The summed E-state index contributed by atoms with van der Waals surface area (Å²) in [6, 6.07) is 25.7. The topological polar surface area (TPSA) is 148 Å². The fraction of sp³-hybridized carbons (Fsp3) is 0.450. The molecule has 0 saturated carbocycles. The SMILES string of the molecule is CC[Si](CC)(CC)O[C@@H]([C@@H](OCCF)[C@@H](CO)n1cc(C)c(N)nc1=O)[C@H](O)COC(c1ccccc1)(c1ccc(OC)cc1)c1ccc(OC)cc1. The van der Waals surface area contributed by atoms with E-state index in [0.717, 1.165) is 34.8 Å². The van der Waals surface area contributed by atoms with Crippen molar-refractivity contribution in [3.8, 4) is 11.5 Å². The van der Waals surface area contributed by atoms with Gasteiger partial charge in [0, 0.05) is 11.8 Å². The Hall–Kier alpha value is -4.11. The number of alkyl halides is 1. The number of anilines is 1. The Balaban J connectivity index is 1.90. The first kappa shape index (κ1) is 41.6. The molecule has 4 rings (SSSR count). The van der Waals surface area contributed by atoms with Crippen molar-refractivity contribution in [2.45, 2.75) is 75.8 Å². The van der Waals surface area contributed by atoms with Gasteiger partial charge in [-0.05, 0) is 66.0 Å². The number of rotatable bonds is 21. The predicted octanol–water partition coefficient (Wildman–Crippen LogP) is 5.80. The van der Waals surface area contributed by atoms with Gasteiger partial charge in [0.2, 0.25) is 0 Å². The highest BCUT2D eigenvalue weighted by molar-refractivity contribution is 6.73. The van der Waals surface area contributed by atoms with Gasteiger partial charge in [-0.1, -0.05) is 75.4 Å². The van der Waals surface area contributed by atoms with Crippen molar-refractivity contribution < 1.29 is 38.0 Å². The van der Waals surface area contributed by atoms with E-state index in [0.29, 0.717) is 17.1 Å². The molecule has 0 saturated heterocycles. The van der Waals surface area contributed by atoms with Gasteiger partial charge in [0.1, 0.15) is 47.9 Å². The lowest BCUT2D eigenvalue weighted by atomic mass is 9.80. The number of hydrogen-bond donors (Lipinski definition) is 3. The van der Waals surface area contributed by atoms with Crippen LogP contribution < -0.4 is 20.9 Å². The van der Waals surface area contributed by atoms with Gasteiger partial charge in [-0.2, -0.15) is 4.98 Å². The van der Waals surface area contributed by atoms with Crippen LogP contribution in [0.25, 0.3) is 0 Å². The number of hydrogen-bond acceptors (Lipinski definition) is 10. The standard InChI is InChI=1S/C40H54FN3O8Si/c1-7-53(8-2,9-3)52-37(36(50-24-23-41)34(26-45)44-25-28(4)38(42)43-39(44)47)35(46)27-51-40(29-13-11-10-12-14-29,30-15-19-32(48-5)20-16-30)31-17-21-33(49-6)22-18-31/h10-22,25,34-37,45-46H,7-9,23-24,26-27H2,1-6H3,(H2,42,43,47)/t34-,35-,36+,37-/m1/s1. The lowest BCUT2D eigenvalue weighted by Gasteiger charge is -2.43. The first-order valence-electron chi connectivity index (χ1n) is 18.0. The van der Waals surface area contributed by atoms with Crippen molar-refractivity contribution in [3.63, 3.8) is 0 Å². The Morgan fingerprint density at radius 1 is 0.868 bits per heavy atom. The minimum absolute atomic E-state index is 0.0501. The molecule has 4 atom stereocenters. The van der Waals surface area contributed by atoms with E-state index in [1.807, 2.05) is 99.6 Å². The van der Waals surface area contributed by atoms with E-state index in [1.54, 1.807) is 21.1 Å². The molecule has 288 valence electrons. The van der Waals surface area contributed by atoms with Gasteiger partial charge in [-0.15, -0.1) is 0 Å². The number of nitrogens with two attached hydrogens (primary N) is 1. The molecule has 3 aromatic carbocycles. The molecular weight excluding hydrogens is 698 g/mol. The van der Waals surface area contributed by atoms with Crippen molar-refractivity contribution >= 4 is 14.1 Å². The van der Waals surface area contributed by atoms with Gasteiger partial charge in [0.25, 0.3) is 0 Å². The first-order valence-corrected chi connectivity index (χ1v) is 20.6. The third kappa shape index (κ3) is 9.34. The summed E-state index contributed by atoms with van der Waals surface area (Å²) in [6.45, 7) is 5.73. The second-order valence-electron chi connectivity index (χ2n) is 13.0. The summed E-state index contributed by atoms with van der Waals surface area (Å²) in [6.07, 6.45) is -2.25. The molecule has 4 aromatic rings. The molecule has 11 nitrogen and oxygen atoms in total. The lowest BCUT2D eigenvalue weighted by Crippen LogP contribution is -2.55. The number of aliphatic hydroxyl groups is 2. The third-order valence-corrected chi connectivity index (χ3v) is 14.8. The molecule has 53 heavy (non-hydrogen) atoms. The molecule has 0 bridgehead atoms. The van der Waals surface area contributed by atoms with Crippen molar-refractivity contribution in [3.05, 3.63) is 118 Å². The minimum atomic E-state index is -2.55. The van der Waals surface area contributed by atoms with E-state index >= 15 is 0 Å². The Bertz CT molecular complexity index is 1700. The number of methoxy groups -OCH3 is 2. The van der Waals surface area contributed by atoms with Gasteiger partial charge in [0.05, 0.1) is 40.1 Å². The van der Waals surface area contributed by atoms with Crippen LogP contribution in [-0.4, -0.2) is 87.1 Å². The first-order chi connectivity index (χ1) is 25.6. The fourth-order valence-corrected chi connectivity index (χ4v) is 9.67. The maximum Gasteiger partial charge on any atom is 0.349 e.